The number of para-hydroxylation sites is 1. The number of nitrogens with two attached hydrogens (primary N) is 1. The van der Waals surface area contributed by atoms with Gasteiger partial charge in [-0.05, 0) is 48.6 Å². The van der Waals surface area contributed by atoms with Crippen LogP contribution in [0.2, 0.25) is 0 Å². The van der Waals surface area contributed by atoms with Gasteiger partial charge in [0.1, 0.15) is 0 Å². The first-order valence-electron chi connectivity index (χ1n) is 4.73. The molecule has 15 heavy (non-hydrogen) atoms. The van der Waals surface area contributed by atoms with E-state index in [-0.39, 0.29) is 5.91 Å². The number of anilines is 1. The first-order chi connectivity index (χ1) is 6.97. The van der Waals surface area contributed by atoms with E-state index in [4.69, 9.17) is 5.73 Å². The molecule has 0 bridgehead atoms. The summed E-state index contributed by atoms with van der Waals surface area (Å²) in [7, 11) is 0. The third-order valence-electron chi connectivity index (χ3n) is 2.25. The molecule has 0 unspecified atom stereocenters. The van der Waals surface area contributed by atoms with E-state index >= 15 is 0 Å². The molecule has 4 heteroatoms. The van der Waals surface area contributed by atoms with Gasteiger partial charge < -0.3 is 11.1 Å². The van der Waals surface area contributed by atoms with E-state index < -0.39 is 5.41 Å². The number of carbonyl (C=O) groups is 1. The van der Waals surface area contributed by atoms with Crippen LogP contribution in [-0.2, 0) is 4.79 Å². The lowest BCUT2D eigenvalue weighted by molar-refractivity contribution is -0.123. The molecule has 0 aromatic heterocycles. The van der Waals surface area contributed by atoms with E-state index in [0.717, 1.165) is 9.26 Å². The summed E-state index contributed by atoms with van der Waals surface area (Å²) >= 11 is 2.19. The van der Waals surface area contributed by atoms with E-state index in [9.17, 15) is 4.79 Å². The lowest BCUT2D eigenvalue weighted by Gasteiger charge is -2.21. The van der Waals surface area contributed by atoms with E-state index in [1.54, 1.807) is 0 Å². The fourth-order valence-corrected chi connectivity index (χ4v) is 1.47. The minimum atomic E-state index is -0.529. The quantitative estimate of drug-likeness (QED) is 0.840. The van der Waals surface area contributed by atoms with Gasteiger partial charge in [0, 0.05) is 10.1 Å². The van der Waals surface area contributed by atoms with Crippen molar-refractivity contribution in [3.8, 4) is 0 Å². The Morgan fingerprint density at radius 1 is 1.47 bits per heavy atom. The standard InChI is InChI=1S/C11H15IN2O/c1-11(2,7-13)10(15)14-9-6-4-3-5-8(9)12/h3-6H,7,13H2,1-2H3,(H,14,15). The summed E-state index contributed by atoms with van der Waals surface area (Å²) in [5.41, 5.74) is 5.84. The average Bonchev–Trinajstić information content (AvgIpc) is 2.21. The number of nitrogens with one attached hydrogen (secondary N) is 1. The number of carbonyl (C=O) groups excluding carboxylic acids is 1. The molecule has 0 fully saturated rings. The highest BCUT2D eigenvalue weighted by Crippen LogP contribution is 2.21. The van der Waals surface area contributed by atoms with Crippen LogP contribution in [-0.4, -0.2) is 12.5 Å². The highest BCUT2D eigenvalue weighted by Gasteiger charge is 2.25. The van der Waals surface area contributed by atoms with Crippen molar-refractivity contribution in [2.24, 2.45) is 11.1 Å². The molecule has 1 rings (SSSR count). The van der Waals surface area contributed by atoms with E-state index in [1.165, 1.54) is 0 Å². The van der Waals surface area contributed by atoms with Crippen molar-refractivity contribution in [1.82, 2.24) is 0 Å². The van der Waals surface area contributed by atoms with Gasteiger partial charge in [0.25, 0.3) is 0 Å². The normalized spacial score (nSPS) is 11.2. The van der Waals surface area contributed by atoms with Gasteiger partial charge in [-0.3, -0.25) is 4.79 Å². The Balaban J connectivity index is 2.80. The summed E-state index contributed by atoms with van der Waals surface area (Å²) in [5, 5.41) is 2.87. The molecule has 0 spiro atoms. The molecule has 0 atom stereocenters. The highest BCUT2D eigenvalue weighted by molar-refractivity contribution is 14.1. The molecule has 0 radical (unpaired) electrons. The van der Waals surface area contributed by atoms with Crippen LogP contribution in [0.3, 0.4) is 0 Å². The fraction of sp³-hybridized carbons (Fsp3) is 0.364. The summed E-state index contributed by atoms with van der Waals surface area (Å²) in [6, 6.07) is 7.66. The molecule has 0 aliphatic carbocycles. The molecular weight excluding hydrogens is 303 g/mol. The zero-order valence-electron chi connectivity index (χ0n) is 8.88. The summed E-state index contributed by atoms with van der Waals surface area (Å²) in [5.74, 6) is -0.0471. The monoisotopic (exact) mass is 318 g/mol. The van der Waals surface area contributed by atoms with Crippen LogP contribution in [0.1, 0.15) is 13.8 Å². The Kier molecular flexibility index (Phi) is 4.10. The number of hydrogen-bond donors (Lipinski definition) is 2. The van der Waals surface area contributed by atoms with Gasteiger partial charge in [0.15, 0.2) is 0 Å². The summed E-state index contributed by atoms with van der Waals surface area (Å²) in [6.07, 6.45) is 0. The Bertz CT molecular complexity index is 363. The second-order valence-electron chi connectivity index (χ2n) is 4.02. The van der Waals surface area contributed by atoms with Crippen molar-refractivity contribution in [2.45, 2.75) is 13.8 Å². The molecule has 0 heterocycles. The van der Waals surface area contributed by atoms with E-state index in [2.05, 4.69) is 27.9 Å². The van der Waals surface area contributed by atoms with Gasteiger partial charge in [-0.2, -0.15) is 0 Å². The zero-order valence-corrected chi connectivity index (χ0v) is 11.0. The molecule has 0 saturated heterocycles. The second kappa shape index (κ2) is 4.94. The third kappa shape index (κ3) is 3.17. The van der Waals surface area contributed by atoms with E-state index in [0.29, 0.717) is 6.54 Å². The smallest absolute Gasteiger partial charge is 0.231 e. The maximum absolute atomic E-state index is 11.8. The van der Waals surface area contributed by atoms with E-state index in [1.807, 2.05) is 38.1 Å². The Labute approximate surface area is 104 Å². The Hall–Kier alpha value is -0.620. The number of halogens is 1. The predicted octanol–water partition coefficient (Wildman–Crippen LogP) is 2.21. The van der Waals surface area contributed by atoms with Gasteiger partial charge >= 0.3 is 0 Å². The van der Waals surface area contributed by atoms with Crippen molar-refractivity contribution in [3.63, 3.8) is 0 Å². The molecular formula is C11H15IN2O. The molecule has 82 valence electrons. The SMILES string of the molecule is CC(C)(CN)C(=O)Nc1ccccc1I. The van der Waals surface area contributed by atoms with Gasteiger partial charge in [-0.1, -0.05) is 12.1 Å². The van der Waals surface area contributed by atoms with Crippen LogP contribution in [0.25, 0.3) is 0 Å². The predicted molar refractivity (Wildman–Crippen MR) is 70.6 cm³/mol. The topological polar surface area (TPSA) is 55.1 Å². The first-order valence-corrected chi connectivity index (χ1v) is 5.81. The Morgan fingerprint density at radius 2 is 2.07 bits per heavy atom. The average molecular weight is 318 g/mol. The van der Waals surface area contributed by atoms with Gasteiger partial charge in [0.2, 0.25) is 5.91 Å². The summed E-state index contributed by atoms with van der Waals surface area (Å²) < 4.78 is 1.02. The molecule has 1 aromatic carbocycles. The van der Waals surface area contributed by atoms with Crippen molar-refractivity contribution < 1.29 is 4.79 Å². The number of rotatable bonds is 3. The van der Waals surface area contributed by atoms with Crippen molar-refractivity contribution in [2.75, 3.05) is 11.9 Å². The molecule has 0 aliphatic heterocycles. The maximum atomic E-state index is 11.8. The van der Waals surface area contributed by atoms with Crippen LogP contribution in [0.5, 0.6) is 0 Å². The molecule has 0 saturated carbocycles. The lowest BCUT2D eigenvalue weighted by atomic mass is 9.92. The van der Waals surface area contributed by atoms with Crippen molar-refractivity contribution in [3.05, 3.63) is 27.8 Å². The zero-order chi connectivity index (χ0) is 11.5. The second-order valence-corrected chi connectivity index (χ2v) is 5.18. The lowest BCUT2D eigenvalue weighted by Crippen LogP contribution is -2.37. The molecule has 1 amide bonds. The number of benzene rings is 1. The van der Waals surface area contributed by atoms with Crippen LogP contribution in [0.4, 0.5) is 5.69 Å². The van der Waals surface area contributed by atoms with Crippen LogP contribution >= 0.6 is 22.6 Å². The molecule has 1 aromatic rings. The fourth-order valence-electron chi connectivity index (χ4n) is 0.947. The largest absolute Gasteiger partial charge is 0.329 e. The van der Waals surface area contributed by atoms with Crippen molar-refractivity contribution in [1.29, 1.82) is 0 Å². The van der Waals surface area contributed by atoms with Gasteiger partial charge in [-0.25, -0.2) is 0 Å². The minimum Gasteiger partial charge on any atom is -0.329 e. The van der Waals surface area contributed by atoms with Gasteiger partial charge in [-0.15, -0.1) is 0 Å². The first kappa shape index (κ1) is 12.4. The third-order valence-corrected chi connectivity index (χ3v) is 3.19. The minimum absolute atomic E-state index is 0.0471. The summed E-state index contributed by atoms with van der Waals surface area (Å²) in [4.78, 5) is 11.8. The van der Waals surface area contributed by atoms with Crippen LogP contribution < -0.4 is 11.1 Å². The maximum Gasteiger partial charge on any atom is 0.231 e. The van der Waals surface area contributed by atoms with Crippen molar-refractivity contribution >= 4 is 34.2 Å². The Morgan fingerprint density at radius 3 is 2.60 bits per heavy atom. The van der Waals surface area contributed by atoms with Crippen LogP contribution in [0, 0.1) is 8.99 Å². The summed E-state index contributed by atoms with van der Waals surface area (Å²) in [6.45, 7) is 4.00. The number of amides is 1. The molecule has 0 aliphatic rings. The van der Waals surface area contributed by atoms with Crippen LogP contribution in [0.15, 0.2) is 24.3 Å². The molecule has 3 nitrogen and oxygen atoms in total. The number of hydrogen-bond acceptors (Lipinski definition) is 2. The highest BCUT2D eigenvalue weighted by atomic mass is 127. The molecule has 3 N–H and O–H groups in total. The van der Waals surface area contributed by atoms with Gasteiger partial charge in [0.05, 0.1) is 11.1 Å².